The highest BCUT2D eigenvalue weighted by Gasteiger charge is 2.37. The van der Waals surface area contributed by atoms with Crippen LogP contribution in [0.5, 0.6) is 0 Å². The van der Waals surface area contributed by atoms with E-state index in [2.05, 4.69) is 23.7 Å². The van der Waals surface area contributed by atoms with E-state index in [0.717, 1.165) is 25.9 Å². The summed E-state index contributed by atoms with van der Waals surface area (Å²) in [5.41, 5.74) is 0. The van der Waals surface area contributed by atoms with E-state index in [-0.39, 0.29) is 6.10 Å². The van der Waals surface area contributed by atoms with Gasteiger partial charge >= 0.3 is 0 Å². The molecule has 2 aliphatic heterocycles. The fourth-order valence-electron chi connectivity index (χ4n) is 1.79. The minimum absolute atomic E-state index is 0.163. The van der Waals surface area contributed by atoms with Crippen LogP contribution < -0.4 is 0 Å². The first-order valence-electron chi connectivity index (χ1n) is 5.28. The molecule has 2 atom stereocenters. The van der Waals surface area contributed by atoms with Crippen molar-refractivity contribution >= 4 is 0 Å². The van der Waals surface area contributed by atoms with Crippen LogP contribution >= 0.6 is 0 Å². The lowest BCUT2D eigenvalue weighted by Crippen LogP contribution is -2.36. The van der Waals surface area contributed by atoms with Gasteiger partial charge in [-0.1, -0.05) is 11.8 Å². The second-order valence-corrected chi connectivity index (χ2v) is 3.66. The molecule has 1 spiro atoms. The minimum atomic E-state index is -0.489. The molecule has 78 valence electrons. The Hall–Kier alpha value is -1.22. The van der Waals surface area contributed by atoms with Gasteiger partial charge in [0, 0.05) is 6.42 Å². The Morgan fingerprint density at radius 3 is 3.00 bits per heavy atom. The van der Waals surface area contributed by atoms with Crippen LogP contribution in [0.1, 0.15) is 26.2 Å². The highest BCUT2D eigenvalue weighted by molar-refractivity contribution is 5.30. The van der Waals surface area contributed by atoms with Crippen molar-refractivity contribution in [2.24, 2.45) is 0 Å². The molecule has 2 heterocycles. The van der Waals surface area contributed by atoms with Crippen molar-refractivity contribution in [2.45, 2.75) is 38.1 Å². The molecule has 2 heteroatoms. The molecule has 0 bridgehead atoms. The quantitative estimate of drug-likeness (QED) is 0.441. The number of ether oxygens (including phenoxy) is 2. The van der Waals surface area contributed by atoms with E-state index in [1.54, 1.807) is 6.92 Å². The van der Waals surface area contributed by atoms with Crippen LogP contribution in [-0.2, 0) is 9.47 Å². The molecule has 0 aromatic carbocycles. The van der Waals surface area contributed by atoms with Gasteiger partial charge in [-0.25, -0.2) is 0 Å². The van der Waals surface area contributed by atoms with E-state index in [0.29, 0.717) is 0 Å². The maximum atomic E-state index is 5.76. The van der Waals surface area contributed by atoms with Crippen LogP contribution in [0.15, 0.2) is 12.2 Å². The van der Waals surface area contributed by atoms with Crippen molar-refractivity contribution in [1.29, 1.82) is 0 Å². The van der Waals surface area contributed by atoms with E-state index in [1.165, 1.54) is 0 Å². The molecule has 2 unspecified atom stereocenters. The third kappa shape index (κ3) is 2.42. The minimum Gasteiger partial charge on any atom is -0.346 e. The molecule has 1 fully saturated rings. The van der Waals surface area contributed by atoms with Crippen molar-refractivity contribution in [3.63, 3.8) is 0 Å². The van der Waals surface area contributed by atoms with Crippen LogP contribution in [0.4, 0.5) is 0 Å². The molecule has 0 aromatic heterocycles. The van der Waals surface area contributed by atoms with Crippen LogP contribution in [0.2, 0.25) is 0 Å². The smallest absolute Gasteiger partial charge is 0.189 e. The highest BCUT2D eigenvalue weighted by Crippen LogP contribution is 2.33. The Kier molecular flexibility index (Phi) is 3.11. The van der Waals surface area contributed by atoms with Gasteiger partial charge in [0.05, 0.1) is 6.61 Å². The van der Waals surface area contributed by atoms with Crippen LogP contribution in [-0.4, -0.2) is 18.5 Å². The van der Waals surface area contributed by atoms with Gasteiger partial charge in [-0.15, -0.1) is 0 Å². The Bertz CT molecular complexity index is 367. The predicted octanol–water partition coefficient (Wildman–Crippen LogP) is 1.86. The summed E-state index contributed by atoms with van der Waals surface area (Å²) < 4.78 is 11.4. The van der Waals surface area contributed by atoms with Gasteiger partial charge in [0.1, 0.15) is 6.10 Å². The van der Waals surface area contributed by atoms with Crippen molar-refractivity contribution in [2.75, 3.05) is 6.61 Å². The van der Waals surface area contributed by atoms with Gasteiger partial charge in [0.15, 0.2) is 5.79 Å². The Balaban J connectivity index is 1.97. The standard InChI is InChI=1S/C13H14O2/c1-2-3-4-7-12-8-10-13(15-12)9-5-6-11-14-13/h8,10,12H,5-6,9,11H2,1H3. The summed E-state index contributed by atoms with van der Waals surface area (Å²) in [5.74, 6) is 10.6. The lowest BCUT2D eigenvalue weighted by Gasteiger charge is -2.31. The number of rotatable bonds is 0. The summed E-state index contributed by atoms with van der Waals surface area (Å²) in [6.07, 6.45) is 6.99. The summed E-state index contributed by atoms with van der Waals surface area (Å²) >= 11 is 0. The maximum Gasteiger partial charge on any atom is 0.189 e. The molecule has 2 aliphatic rings. The normalized spacial score (nSPS) is 33.0. The zero-order valence-electron chi connectivity index (χ0n) is 8.88. The molecule has 0 N–H and O–H groups in total. The molecule has 15 heavy (non-hydrogen) atoms. The highest BCUT2D eigenvalue weighted by atomic mass is 16.7. The average molecular weight is 202 g/mol. The van der Waals surface area contributed by atoms with Gasteiger partial charge in [-0.3, -0.25) is 0 Å². The first-order chi connectivity index (χ1) is 7.35. The summed E-state index contributed by atoms with van der Waals surface area (Å²) in [7, 11) is 0. The van der Waals surface area contributed by atoms with Crippen LogP contribution in [0.3, 0.4) is 0 Å². The first-order valence-corrected chi connectivity index (χ1v) is 5.28. The predicted molar refractivity (Wildman–Crippen MR) is 57.8 cm³/mol. The second-order valence-electron chi connectivity index (χ2n) is 3.66. The van der Waals surface area contributed by atoms with E-state index in [1.807, 2.05) is 12.2 Å². The van der Waals surface area contributed by atoms with Crippen molar-refractivity contribution in [3.05, 3.63) is 12.2 Å². The van der Waals surface area contributed by atoms with Gasteiger partial charge in [-0.05, 0) is 43.8 Å². The molecule has 0 radical (unpaired) electrons. The van der Waals surface area contributed by atoms with Gasteiger partial charge in [0.2, 0.25) is 0 Å². The Morgan fingerprint density at radius 1 is 1.33 bits per heavy atom. The van der Waals surface area contributed by atoms with Gasteiger partial charge in [0.25, 0.3) is 0 Å². The SMILES string of the molecule is CC#CC#CC1C=CC2(CCCCO2)O1. The first kappa shape index (κ1) is 10.3. The fraction of sp³-hybridized carbons (Fsp3) is 0.538. The molecular weight excluding hydrogens is 188 g/mol. The van der Waals surface area contributed by atoms with E-state index in [9.17, 15) is 0 Å². The molecule has 2 nitrogen and oxygen atoms in total. The lowest BCUT2D eigenvalue weighted by atomic mass is 10.1. The van der Waals surface area contributed by atoms with Crippen molar-refractivity contribution < 1.29 is 9.47 Å². The van der Waals surface area contributed by atoms with E-state index in [4.69, 9.17) is 9.47 Å². The van der Waals surface area contributed by atoms with Crippen molar-refractivity contribution in [3.8, 4) is 23.7 Å². The van der Waals surface area contributed by atoms with E-state index < -0.39 is 5.79 Å². The molecule has 0 aliphatic carbocycles. The molecule has 1 saturated heterocycles. The molecular formula is C13H14O2. The monoisotopic (exact) mass is 202 g/mol. The summed E-state index contributed by atoms with van der Waals surface area (Å²) in [6.45, 7) is 2.55. The lowest BCUT2D eigenvalue weighted by molar-refractivity contribution is -0.217. The fourth-order valence-corrected chi connectivity index (χ4v) is 1.79. The van der Waals surface area contributed by atoms with Crippen molar-refractivity contribution in [1.82, 2.24) is 0 Å². The average Bonchev–Trinajstić information content (AvgIpc) is 2.63. The van der Waals surface area contributed by atoms with E-state index >= 15 is 0 Å². The zero-order valence-corrected chi connectivity index (χ0v) is 8.88. The third-order valence-electron chi connectivity index (χ3n) is 2.52. The number of hydrogen-bond acceptors (Lipinski definition) is 2. The van der Waals surface area contributed by atoms with Gasteiger partial charge in [-0.2, -0.15) is 0 Å². The van der Waals surface area contributed by atoms with Gasteiger partial charge < -0.3 is 9.47 Å². The summed E-state index contributed by atoms with van der Waals surface area (Å²) in [5, 5.41) is 0. The van der Waals surface area contributed by atoms with Crippen LogP contribution in [0.25, 0.3) is 0 Å². The molecule has 0 saturated carbocycles. The number of hydrogen-bond donors (Lipinski definition) is 0. The Morgan fingerprint density at radius 2 is 2.27 bits per heavy atom. The van der Waals surface area contributed by atoms with Crippen LogP contribution in [0, 0.1) is 23.7 Å². The zero-order chi connectivity index (χ0) is 10.6. The molecule has 0 amide bonds. The third-order valence-corrected chi connectivity index (χ3v) is 2.52. The second kappa shape index (κ2) is 4.53. The largest absolute Gasteiger partial charge is 0.346 e. The molecule has 2 rings (SSSR count). The summed E-state index contributed by atoms with van der Waals surface area (Å²) in [6, 6.07) is 0. The maximum absolute atomic E-state index is 5.76. The Labute approximate surface area is 90.6 Å². The topological polar surface area (TPSA) is 18.5 Å². The summed E-state index contributed by atoms with van der Waals surface area (Å²) in [4.78, 5) is 0. The molecule has 0 aromatic rings.